The van der Waals surface area contributed by atoms with E-state index in [1.807, 2.05) is 4.90 Å². The summed E-state index contributed by atoms with van der Waals surface area (Å²) in [5.41, 5.74) is 1.50. The van der Waals surface area contributed by atoms with Gasteiger partial charge in [0.15, 0.2) is 0 Å². The van der Waals surface area contributed by atoms with Crippen LogP contribution in [0.4, 0.5) is 17.1 Å². The number of ether oxygens (including phenoxy) is 1. The SMILES string of the molecule is COC(=O)c1ccc(NC(=O)c2ccc(N3CCC(C)CC3)c([N+](=O)[O-])c2)cc1. The Hall–Kier alpha value is -3.42. The lowest BCUT2D eigenvalue weighted by Crippen LogP contribution is -2.33. The highest BCUT2D eigenvalue weighted by molar-refractivity contribution is 6.05. The zero-order valence-electron chi connectivity index (χ0n) is 16.4. The average Bonchev–Trinajstić information content (AvgIpc) is 2.73. The summed E-state index contributed by atoms with van der Waals surface area (Å²) < 4.78 is 4.64. The molecule has 2 aromatic rings. The number of nitro groups is 1. The van der Waals surface area contributed by atoms with Gasteiger partial charge in [0.25, 0.3) is 11.6 Å². The van der Waals surface area contributed by atoms with Gasteiger partial charge in [-0.25, -0.2) is 4.79 Å². The number of hydrogen-bond donors (Lipinski definition) is 1. The zero-order chi connectivity index (χ0) is 21.0. The summed E-state index contributed by atoms with van der Waals surface area (Å²) in [7, 11) is 1.29. The average molecular weight is 397 g/mol. The van der Waals surface area contributed by atoms with Crippen molar-refractivity contribution in [1.29, 1.82) is 0 Å². The molecule has 1 N–H and O–H groups in total. The van der Waals surface area contributed by atoms with Gasteiger partial charge in [0.05, 0.1) is 17.6 Å². The molecule has 1 fully saturated rings. The van der Waals surface area contributed by atoms with Crippen LogP contribution in [0.1, 0.15) is 40.5 Å². The third kappa shape index (κ3) is 4.71. The molecule has 1 aliphatic rings. The normalized spacial score (nSPS) is 14.3. The van der Waals surface area contributed by atoms with E-state index in [4.69, 9.17) is 0 Å². The molecule has 0 saturated carbocycles. The van der Waals surface area contributed by atoms with E-state index in [-0.39, 0.29) is 11.3 Å². The minimum absolute atomic E-state index is 0.0757. The molecule has 8 heteroatoms. The van der Waals surface area contributed by atoms with Crippen LogP contribution in [0.5, 0.6) is 0 Å². The summed E-state index contributed by atoms with van der Waals surface area (Å²) in [5, 5.41) is 14.3. The summed E-state index contributed by atoms with van der Waals surface area (Å²) in [6, 6.07) is 10.8. The Morgan fingerprint density at radius 1 is 1.10 bits per heavy atom. The molecule has 8 nitrogen and oxygen atoms in total. The van der Waals surface area contributed by atoms with Gasteiger partial charge in [-0.15, -0.1) is 0 Å². The van der Waals surface area contributed by atoms with Crippen molar-refractivity contribution in [1.82, 2.24) is 0 Å². The van der Waals surface area contributed by atoms with Crippen molar-refractivity contribution in [2.24, 2.45) is 5.92 Å². The van der Waals surface area contributed by atoms with Crippen molar-refractivity contribution >= 4 is 28.9 Å². The van der Waals surface area contributed by atoms with Crippen molar-refractivity contribution in [3.05, 3.63) is 63.7 Å². The van der Waals surface area contributed by atoms with Gasteiger partial charge in [-0.2, -0.15) is 0 Å². The summed E-state index contributed by atoms with van der Waals surface area (Å²) in [4.78, 5) is 37.2. The molecule has 0 atom stereocenters. The molecule has 1 amide bonds. The number of carbonyl (C=O) groups excluding carboxylic acids is 2. The molecule has 29 heavy (non-hydrogen) atoms. The Bertz CT molecular complexity index is 918. The lowest BCUT2D eigenvalue weighted by atomic mass is 9.98. The number of methoxy groups -OCH3 is 1. The molecular weight excluding hydrogens is 374 g/mol. The molecule has 1 aliphatic heterocycles. The Labute approximate surface area is 168 Å². The molecule has 0 radical (unpaired) electrons. The number of carbonyl (C=O) groups is 2. The monoisotopic (exact) mass is 397 g/mol. The second kappa shape index (κ2) is 8.72. The van der Waals surface area contributed by atoms with Crippen LogP contribution in [0.2, 0.25) is 0 Å². The number of nitro benzene ring substituents is 1. The number of nitrogens with one attached hydrogen (secondary N) is 1. The summed E-state index contributed by atoms with van der Waals surface area (Å²) in [6.07, 6.45) is 1.97. The third-order valence-electron chi connectivity index (χ3n) is 5.12. The molecule has 0 aromatic heterocycles. The maximum atomic E-state index is 12.6. The van der Waals surface area contributed by atoms with Crippen molar-refractivity contribution in [3.8, 4) is 0 Å². The van der Waals surface area contributed by atoms with Gasteiger partial charge in [0, 0.05) is 30.4 Å². The van der Waals surface area contributed by atoms with Crippen molar-refractivity contribution in [3.63, 3.8) is 0 Å². The smallest absolute Gasteiger partial charge is 0.337 e. The highest BCUT2D eigenvalue weighted by Gasteiger charge is 2.24. The van der Waals surface area contributed by atoms with Gasteiger partial charge < -0.3 is 15.0 Å². The van der Waals surface area contributed by atoms with Crippen LogP contribution >= 0.6 is 0 Å². The van der Waals surface area contributed by atoms with Crippen molar-refractivity contribution in [2.75, 3.05) is 30.4 Å². The van der Waals surface area contributed by atoms with E-state index in [0.717, 1.165) is 25.9 Å². The summed E-state index contributed by atoms with van der Waals surface area (Å²) in [6.45, 7) is 3.71. The first-order chi connectivity index (χ1) is 13.9. The van der Waals surface area contributed by atoms with E-state index < -0.39 is 16.8 Å². The van der Waals surface area contributed by atoms with E-state index in [2.05, 4.69) is 17.0 Å². The van der Waals surface area contributed by atoms with E-state index in [0.29, 0.717) is 22.9 Å². The van der Waals surface area contributed by atoms with Crippen LogP contribution < -0.4 is 10.2 Å². The molecule has 3 rings (SSSR count). The van der Waals surface area contributed by atoms with E-state index in [1.54, 1.807) is 24.3 Å². The predicted octanol–water partition coefficient (Wildman–Crippen LogP) is 3.87. The Morgan fingerprint density at radius 2 is 1.72 bits per heavy atom. The van der Waals surface area contributed by atoms with Crippen LogP contribution in [-0.2, 0) is 4.74 Å². The lowest BCUT2D eigenvalue weighted by molar-refractivity contribution is -0.384. The van der Waals surface area contributed by atoms with Gasteiger partial charge in [-0.3, -0.25) is 14.9 Å². The number of piperidine rings is 1. The van der Waals surface area contributed by atoms with Gasteiger partial charge in [-0.1, -0.05) is 6.92 Å². The topological polar surface area (TPSA) is 102 Å². The first-order valence-corrected chi connectivity index (χ1v) is 9.42. The number of nitrogens with zero attached hydrogens (tertiary/aromatic N) is 2. The summed E-state index contributed by atoms with van der Waals surface area (Å²) >= 11 is 0. The molecule has 0 bridgehead atoms. The summed E-state index contributed by atoms with van der Waals surface area (Å²) in [5.74, 6) is -0.320. The van der Waals surface area contributed by atoms with Gasteiger partial charge in [0.1, 0.15) is 5.69 Å². The number of amides is 1. The van der Waals surface area contributed by atoms with Crippen molar-refractivity contribution < 1.29 is 19.2 Å². The first kappa shape index (κ1) is 20.3. The standard InChI is InChI=1S/C21H23N3O5/c1-14-9-11-23(12-10-14)18-8-5-16(13-19(18)24(27)28)20(25)22-17-6-3-15(4-7-17)21(26)29-2/h3-8,13-14H,9-12H2,1-2H3,(H,22,25). The van der Waals surface area contributed by atoms with Crippen LogP contribution in [0.15, 0.2) is 42.5 Å². The van der Waals surface area contributed by atoms with E-state index >= 15 is 0 Å². The fourth-order valence-electron chi connectivity index (χ4n) is 3.34. The van der Waals surface area contributed by atoms with Crippen LogP contribution in [0.3, 0.4) is 0 Å². The number of hydrogen-bond acceptors (Lipinski definition) is 6. The predicted molar refractivity (Wildman–Crippen MR) is 109 cm³/mol. The van der Waals surface area contributed by atoms with E-state index in [9.17, 15) is 19.7 Å². The molecular formula is C21H23N3O5. The molecule has 1 heterocycles. The fourth-order valence-corrected chi connectivity index (χ4v) is 3.34. The number of benzene rings is 2. The molecule has 152 valence electrons. The maximum absolute atomic E-state index is 12.6. The zero-order valence-corrected chi connectivity index (χ0v) is 16.4. The largest absolute Gasteiger partial charge is 0.465 e. The molecule has 1 saturated heterocycles. The minimum Gasteiger partial charge on any atom is -0.465 e. The molecule has 2 aromatic carbocycles. The Balaban J connectivity index is 1.78. The second-order valence-electron chi connectivity index (χ2n) is 7.15. The van der Waals surface area contributed by atoms with Gasteiger partial charge in [-0.05, 0) is 55.2 Å². The van der Waals surface area contributed by atoms with Crippen molar-refractivity contribution in [2.45, 2.75) is 19.8 Å². The Kier molecular flexibility index (Phi) is 6.11. The lowest BCUT2D eigenvalue weighted by Gasteiger charge is -2.31. The van der Waals surface area contributed by atoms with Crippen LogP contribution in [0, 0.1) is 16.0 Å². The number of anilines is 2. The molecule has 0 spiro atoms. The minimum atomic E-state index is -0.471. The van der Waals surface area contributed by atoms with Gasteiger partial charge in [0.2, 0.25) is 0 Å². The highest BCUT2D eigenvalue weighted by Crippen LogP contribution is 2.32. The number of rotatable bonds is 5. The number of esters is 1. The molecule has 0 aliphatic carbocycles. The first-order valence-electron chi connectivity index (χ1n) is 9.42. The van der Waals surface area contributed by atoms with E-state index in [1.165, 1.54) is 25.3 Å². The van der Waals surface area contributed by atoms with Gasteiger partial charge >= 0.3 is 5.97 Å². The highest BCUT2D eigenvalue weighted by atomic mass is 16.6. The maximum Gasteiger partial charge on any atom is 0.337 e. The fraction of sp³-hybridized carbons (Fsp3) is 0.333. The molecule has 0 unspecified atom stereocenters. The van der Waals surface area contributed by atoms with Crippen LogP contribution in [0.25, 0.3) is 0 Å². The van der Waals surface area contributed by atoms with Crippen LogP contribution in [-0.4, -0.2) is 37.0 Å². The second-order valence-corrected chi connectivity index (χ2v) is 7.15. The quantitative estimate of drug-likeness (QED) is 0.467. The Morgan fingerprint density at radius 3 is 2.31 bits per heavy atom. The third-order valence-corrected chi connectivity index (χ3v) is 5.12.